The number of phenols is 1. The molecule has 0 spiro atoms. The number of aliphatic hydroxyl groups is 1. The Bertz CT molecular complexity index is 1240. The van der Waals surface area contributed by atoms with Crippen LogP contribution in [0.15, 0.2) is 24.3 Å². The minimum Gasteiger partial charge on any atom is -0.508 e. The van der Waals surface area contributed by atoms with Crippen LogP contribution in [-0.4, -0.2) is 119 Å². The van der Waals surface area contributed by atoms with Crippen LogP contribution in [0.2, 0.25) is 0 Å². The minimum absolute atomic E-state index is 0.0333. The molecule has 0 aliphatic rings. The molecule has 0 radical (unpaired) electrons. The van der Waals surface area contributed by atoms with Crippen molar-refractivity contribution in [3.05, 3.63) is 29.8 Å². The van der Waals surface area contributed by atoms with E-state index >= 15 is 0 Å². The van der Waals surface area contributed by atoms with E-state index in [4.69, 9.17) is 22.9 Å². The van der Waals surface area contributed by atoms with Crippen LogP contribution < -0.4 is 49.5 Å². The molecular weight excluding hydrogens is 662 g/mol. The van der Waals surface area contributed by atoms with Crippen molar-refractivity contribution in [3.63, 3.8) is 0 Å². The molecule has 0 saturated heterocycles. The van der Waals surface area contributed by atoms with E-state index in [1.165, 1.54) is 31.2 Å². The summed E-state index contributed by atoms with van der Waals surface area (Å²) in [7, 11) is 0. The number of benzene rings is 1. The first-order valence-corrected chi connectivity index (χ1v) is 16.5. The monoisotopic (exact) mass is 713 g/mol. The first-order valence-electron chi connectivity index (χ1n) is 15.9. The molecule has 18 nitrogen and oxygen atoms in total. The van der Waals surface area contributed by atoms with Crippen LogP contribution >= 0.6 is 12.6 Å². The molecule has 276 valence electrons. The van der Waals surface area contributed by atoms with E-state index in [9.17, 15) is 44.1 Å². The molecule has 0 unspecified atom stereocenters. The van der Waals surface area contributed by atoms with Gasteiger partial charge < -0.3 is 64.8 Å². The number of amides is 5. The van der Waals surface area contributed by atoms with E-state index in [1.807, 2.05) is 0 Å². The molecule has 16 N–H and O–H groups in total. The molecule has 1 aromatic rings. The molecule has 0 aromatic heterocycles. The highest BCUT2D eigenvalue weighted by Crippen LogP contribution is 2.12. The van der Waals surface area contributed by atoms with Crippen LogP contribution in [0.5, 0.6) is 5.75 Å². The van der Waals surface area contributed by atoms with E-state index < -0.39 is 77.9 Å². The Hall–Kier alpha value is -4.01. The number of carbonyl (C=O) groups is 6. The highest BCUT2D eigenvalue weighted by Gasteiger charge is 2.34. The molecule has 1 rings (SSSR count). The molecule has 1 aromatic carbocycles. The molecule has 0 aliphatic heterocycles. The summed E-state index contributed by atoms with van der Waals surface area (Å²) in [6, 6.07) is -2.05. The van der Waals surface area contributed by atoms with Gasteiger partial charge in [0.1, 0.15) is 36.0 Å². The second kappa shape index (κ2) is 22.6. The number of aromatic hydroxyl groups is 1. The Balaban J connectivity index is 3.02. The van der Waals surface area contributed by atoms with Crippen molar-refractivity contribution in [2.24, 2.45) is 22.9 Å². The van der Waals surface area contributed by atoms with Crippen molar-refractivity contribution >= 4 is 48.1 Å². The Morgan fingerprint density at radius 3 is 1.73 bits per heavy atom. The molecule has 0 bridgehead atoms. The van der Waals surface area contributed by atoms with Gasteiger partial charge in [-0.15, -0.1) is 0 Å². The van der Waals surface area contributed by atoms with Crippen LogP contribution in [0.1, 0.15) is 44.6 Å². The fourth-order valence-corrected chi connectivity index (χ4v) is 4.77. The third-order valence-electron chi connectivity index (χ3n) is 7.35. The van der Waals surface area contributed by atoms with Crippen molar-refractivity contribution in [3.8, 4) is 5.75 Å². The third-order valence-corrected chi connectivity index (χ3v) is 7.72. The maximum absolute atomic E-state index is 13.3. The molecule has 0 heterocycles. The second-order valence-corrected chi connectivity index (χ2v) is 11.8. The van der Waals surface area contributed by atoms with Gasteiger partial charge in [0.15, 0.2) is 0 Å². The Morgan fingerprint density at radius 2 is 1.20 bits per heavy atom. The number of hydrogen-bond acceptors (Lipinski definition) is 13. The summed E-state index contributed by atoms with van der Waals surface area (Å²) in [5.41, 5.74) is 23.0. The van der Waals surface area contributed by atoms with Gasteiger partial charge in [-0.05, 0) is 76.4 Å². The van der Waals surface area contributed by atoms with Crippen LogP contribution in [0.25, 0.3) is 0 Å². The fraction of sp³-hybridized carbons (Fsp3) is 0.600. The summed E-state index contributed by atoms with van der Waals surface area (Å²) in [4.78, 5) is 77.1. The second-order valence-electron chi connectivity index (χ2n) is 11.4. The molecule has 5 amide bonds. The molecule has 0 aliphatic carbocycles. The predicted octanol–water partition coefficient (Wildman–Crippen LogP) is -4.09. The highest BCUT2D eigenvalue weighted by molar-refractivity contribution is 7.80. The van der Waals surface area contributed by atoms with E-state index in [1.54, 1.807) is 0 Å². The number of nitrogens with one attached hydrogen (secondary N) is 5. The van der Waals surface area contributed by atoms with Gasteiger partial charge in [0.2, 0.25) is 29.5 Å². The Labute approximate surface area is 290 Å². The van der Waals surface area contributed by atoms with Crippen molar-refractivity contribution in [2.75, 3.05) is 25.4 Å². The largest absolute Gasteiger partial charge is 0.508 e. The number of carboxylic acid groups (broad SMARTS) is 1. The lowest BCUT2D eigenvalue weighted by molar-refractivity contribution is -0.143. The maximum atomic E-state index is 13.3. The van der Waals surface area contributed by atoms with Crippen LogP contribution in [0.4, 0.5) is 0 Å². The van der Waals surface area contributed by atoms with Gasteiger partial charge in [0.25, 0.3) is 0 Å². The summed E-state index contributed by atoms with van der Waals surface area (Å²) >= 11 is 4.15. The number of unbranched alkanes of at least 4 members (excludes halogenated alkanes) is 1. The first kappa shape index (κ1) is 43.0. The number of nitrogens with two attached hydrogens (primary N) is 4. The number of aliphatic carboxylic acids is 1. The fourth-order valence-electron chi connectivity index (χ4n) is 4.51. The molecule has 7 atom stereocenters. The smallest absolute Gasteiger partial charge is 0.326 e. The van der Waals surface area contributed by atoms with Gasteiger partial charge in [-0.2, -0.15) is 12.6 Å². The van der Waals surface area contributed by atoms with Crippen molar-refractivity contribution in [1.29, 1.82) is 0 Å². The van der Waals surface area contributed by atoms with Gasteiger partial charge in [0.05, 0.1) is 12.1 Å². The average Bonchev–Trinajstić information content (AvgIpc) is 3.05. The van der Waals surface area contributed by atoms with Crippen molar-refractivity contribution in [2.45, 2.75) is 87.8 Å². The zero-order valence-corrected chi connectivity index (χ0v) is 28.4. The third kappa shape index (κ3) is 15.4. The topological polar surface area (TPSA) is 327 Å². The summed E-state index contributed by atoms with van der Waals surface area (Å²) in [5, 5.41) is 41.6. The average molecular weight is 714 g/mol. The molecule has 0 fully saturated rings. The van der Waals surface area contributed by atoms with Gasteiger partial charge in [0, 0.05) is 12.2 Å². The summed E-state index contributed by atoms with van der Waals surface area (Å²) < 4.78 is 0. The van der Waals surface area contributed by atoms with Gasteiger partial charge >= 0.3 is 5.97 Å². The van der Waals surface area contributed by atoms with E-state index in [2.05, 4.69) is 39.2 Å². The number of hydrogen-bond donors (Lipinski definition) is 13. The molecule has 0 saturated carbocycles. The zero-order valence-electron chi connectivity index (χ0n) is 27.5. The van der Waals surface area contributed by atoms with Gasteiger partial charge in [-0.25, -0.2) is 4.79 Å². The highest BCUT2D eigenvalue weighted by atomic mass is 32.1. The molecule has 49 heavy (non-hydrogen) atoms. The predicted molar refractivity (Wildman–Crippen MR) is 183 cm³/mol. The number of carbonyl (C=O) groups excluding carboxylic acids is 5. The number of phenolic OH excluding ortho intramolecular Hbond substituents is 1. The number of thiol groups is 1. The molecular formula is C30H51N9O9S. The Morgan fingerprint density at radius 1 is 0.694 bits per heavy atom. The zero-order chi connectivity index (χ0) is 37.1. The van der Waals surface area contributed by atoms with Crippen LogP contribution in [0.3, 0.4) is 0 Å². The Kier molecular flexibility index (Phi) is 19.8. The van der Waals surface area contributed by atoms with Gasteiger partial charge in [-0.3, -0.25) is 24.0 Å². The SMILES string of the molecule is C[C@@H](O)[C@H](NC(=O)[C@H](CCN)NC(=O)[C@H](CS)NC(=O)[C@H](CCCCN)NC(=O)[C@@H](N)CCN)C(=O)N[C@@H](Cc1ccc(O)cc1)C(=O)O. The summed E-state index contributed by atoms with van der Waals surface area (Å²) in [6.45, 7) is 1.63. The normalized spacial score (nSPS) is 15.3. The first-order chi connectivity index (χ1) is 23.2. The maximum Gasteiger partial charge on any atom is 0.326 e. The summed E-state index contributed by atoms with van der Waals surface area (Å²) in [5.74, 6) is -5.69. The van der Waals surface area contributed by atoms with Crippen LogP contribution in [-0.2, 0) is 35.2 Å². The lowest BCUT2D eigenvalue weighted by atomic mass is 10.0. The number of aliphatic hydroxyl groups excluding tert-OH is 1. The van der Waals surface area contributed by atoms with Gasteiger partial charge in [-0.1, -0.05) is 12.1 Å². The summed E-state index contributed by atoms with van der Waals surface area (Å²) in [6.07, 6.45) is -0.329. The number of carboxylic acids is 1. The quantitative estimate of drug-likeness (QED) is 0.0379. The van der Waals surface area contributed by atoms with Crippen molar-refractivity contribution < 1.29 is 44.1 Å². The standard InChI is InChI=1S/C30H51N9O9S/c1-16(40)24(29(46)37-22(30(47)48)14-17-5-7-18(41)8-6-17)39-27(44)21(10-13-33)36-28(45)23(15-49)38-26(43)20(4-2-3-11-31)35-25(42)19(34)9-12-32/h5-8,16,19-24,40-41,49H,2-4,9-15,31-34H2,1H3,(H,35,42)(H,36,45)(H,37,46)(H,38,43)(H,39,44)(H,47,48)/t16-,19+,20+,21+,22+,23+,24+/m1/s1. The number of rotatable bonds is 23. The lowest BCUT2D eigenvalue weighted by Gasteiger charge is -2.27. The van der Waals surface area contributed by atoms with E-state index in [0.29, 0.717) is 24.9 Å². The van der Waals surface area contributed by atoms with Crippen molar-refractivity contribution in [1.82, 2.24) is 26.6 Å². The van der Waals surface area contributed by atoms with E-state index in [0.717, 1.165) is 0 Å². The van der Waals surface area contributed by atoms with E-state index in [-0.39, 0.29) is 50.3 Å². The van der Waals surface area contributed by atoms with Crippen LogP contribution in [0, 0.1) is 0 Å². The minimum atomic E-state index is -1.63. The lowest BCUT2D eigenvalue weighted by Crippen LogP contribution is -2.61. The molecule has 19 heteroatoms.